The molecule has 0 aromatic heterocycles. The molecule has 3 rings (SSSR count). The second-order valence-electron chi connectivity index (χ2n) is 12.3. The number of rotatable bonds is 17. The molecule has 8 nitrogen and oxygen atoms in total. The fourth-order valence-corrected chi connectivity index (χ4v) is 6.29. The fourth-order valence-electron chi connectivity index (χ4n) is 6.29. The third kappa shape index (κ3) is 10.1. The molecule has 41 heavy (non-hydrogen) atoms. The van der Waals surface area contributed by atoms with Crippen molar-refractivity contribution in [2.45, 2.75) is 96.6 Å². The van der Waals surface area contributed by atoms with Crippen LogP contribution in [-0.4, -0.2) is 62.5 Å². The molecule has 0 saturated heterocycles. The number of unbranched alkanes of at least 4 members (excludes halogenated alkanes) is 1. The summed E-state index contributed by atoms with van der Waals surface area (Å²) in [5, 5.41) is 16.9. The summed E-state index contributed by atoms with van der Waals surface area (Å²) in [5.41, 5.74) is 6.70. The van der Waals surface area contributed by atoms with Crippen LogP contribution in [0, 0.1) is 23.2 Å². The van der Waals surface area contributed by atoms with Crippen LogP contribution in [0.3, 0.4) is 0 Å². The van der Waals surface area contributed by atoms with Crippen LogP contribution < -0.4 is 21.1 Å². The summed E-state index contributed by atoms with van der Waals surface area (Å²) < 4.78 is 10.9. The van der Waals surface area contributed by atoms with E-state index in [1.807, 2.05) is 18.2 Å². The van der Waals surface area contributed by atoms with E-state index in [2.05, 4.69) is 24.5 Å². The van der Waals surface area contributed by atoms with Crippen molar-refractivity contribution in [3.8, 4) is 5.75 Å². The van der Waals surface area contributed by atoms with Gasteiger partial charge in [-0.1, -0.05) is 51.7 Å². The molecule has 9 heteroatoms. The van der Waals surface area contributed by atoms with Crippen molar-refractivity contribution in [2.24, 2.45) is 28.9 Å². The van der Waals surface area contributed by atoms with Gasteiger partial charge in [-0.25, -0.2) is 0 Å². The van der Waals surface area contributed by atoms with Crippen LogP contribution >= 0.6 is 12.4 Å². The van der Waals surface area contributed by atoms with Gasteiger partial charge in [-0.05, 0) is 74.8 Å². The van der Waals surface area contributed by atoms with Gasteiger partial charge in [0.05, 0.1) is 23.7 Å². The highest BCUT2D eigenvalue weighted by Crippen LogP contribution is 2.52. The van der Waals surface area contributed by atoms with E-state index in [1.54, 1.807) is 13.2 Å². The van der Waals surface area contributed by atoms with Gasteiger partial charge < -0.3 is 30.9 Å². The van der Waals surface area contributed by atoms with Gasteiger partial charge in [-0.2, -0.15) is 0 Å². The molecule has 0 heterocycles. The van der Waals surface area contributed by atoms with Crippen LogP contribution in [0.1, 0.15) is 94.8 Å². The van der Waals surface area contributed by atoms with Crippen molar-refractivity contribution in [1.82, 2.24) is 10.6 Å². The first-order valence-electron chi connectivity index (χ1n) is 15.5. The highest BCUT2D eigenvalue weighted by atomic mass is 35.5. The number of carbonyl (C=O) groups excluding carboxylic acids is 2. The highest BCUT2D eigenvalue weighted by molar-refractivity contribution is 5.96. The molecular weight excluding hydrogens is 542 g/mol. The van der Waals surface area contributed by atoms with E-state index in [0.717, 1.165) is 44.9 Å². The molecule has 3 atom stereocenters. The summed E-state index contributed by atoms with van der Waals surface area (Å²) in [5.74, 6) is 1.29. The van der Waals surface area contributed by atoms with Crippen molar-refractivity contribution in [3.63, 3.8) is 0 Å². The minimum atomic E-state index is -0.836. The normalized spacial score (nSPS) is 18.9. The number of ether oxygens (including phenoxy) is 2. The monoisotopic (exact) mass is 595 g/mol. The number of nitrogens with one attached hydrogen (secondary N) is 2. The summed E-state index contributed by atoms with van der Waals surface area (Å²) in [6.45, 7) is 6.01. The number of hydrogen-bond acceptors (Lipinski definition) is 6. The first-order valence-corrected chi connectivity index (χ1v) is 15.5. The van der Waals surface area contributed by atoms with E-state index >= 15 is 0 Å². The average molecular weight is 596 g/mol. The van der Waals surface area contributed by atoms with Gasteiger partial charge in [0.15, 0.2) is 0 Å². The molecule has 1 aromatic carbocycles. The quantitative estimate of drug-likeness (QED) is 0.191. The Morgan fingerprint density at radius 3 is 2.34 bits per heavy atom. The maximum absolute atomic E-state index is 13.2. The average Bonchev–Trinajstić information content (AvgIpc) is 2.93. The Hall–Kier alpha value is -1.87. The molecular formula is C32H54ClN3O5. The smallest absolute Gasteiger partial charge is 0.255 e. The zero-order valence-electron chi connectivity index (χ0n) is 25.4. The molecule has 0 radical (unpaired) electrons. The fraction of sp³-hybridized carbons (Fsp3) is 0.750. The van der Waals surface area contributed by atoms with Crippen LogP contribution in [0.25, 0.3) is 0 Å². The SMILES string of the molecule is COCCCCOc1ccccc1C(=O)NCC(CC(N)C(O)CNC(=O)C1(C2CCCCC2)CCC1)C(C)C.Cl. The highest BCUT2D eigenvalue weighted by Gasteiger charge is 2.49. The maximum Gasteiger partial charge on any atom is 0.255 e. The molecule has 0 bridgehead atoms. The number of amides is 2. The molecule has 3 unspecified atom stereocenters. The first kappa shape index (κ1) is 35.3. The van der Waals surface area contributed by atoms with Gasteiger partial charge in [0.2, 0.25) is 5.91 Å². The second kappa shape index (κ2) is 17.9. The van der Waals surface area contributed by atoms with Crippen LogP contribution in [0.4, 0.5) is 0 Å². The molecule has 0 spiro atoms. The van der Waals surface area contributed by atoms with Crippen LogP contribution in [0.2, 0.25) is 0 Å². The van der Waals surface area contributed by atoms with Crippen molar-refractivity contribution in [3.05, 3.63) is 29.8 Å². The van der Waals surface area contributed by atoms with Crippen LogP contribution in [0.5, 0.6) is 5.75 Å². The van der Waals surface area contributed by atoms with E-state index in [9.17, 15) is 14.7 Å². The van der Waals surface area contributed by atoms with Crippen molar-refractivity contribution < 1.29 is 24.2 Å². The number of para-hydroxylation sites is 1. The minimum absolute atomic E-state index is 0. The Labute approximate surface area is 253 Å². The molecule has 0 aliphatic heterocycles. The summed E-state index contributed by atoms with van der Waals surface area (Å²) in [4.78, 5) is 26.3. The zero-order chi connectivity index (χ0) is 29.0. The van der Waals surface area contributed by atoms with E-state index in [-0.39, 0.29) is 48.0 Å². The largest absolute Gasteiger partial charge is 0.493 e. The van der Waals surface area contributed by atoms with Crippen molar-refractivity contribution in [1.29, 1.82) is 0 Å². The number of aliphatic hydroxyl groups is 1. The Bertz CT molecular complexity index is 920. The minimum Gasteiger partial charge on any atom is -0.493 e. The number of benzene rings is 1. The van der Waals surface area contributed by atoms with Gasteiger partial charge in [-0.3, -0.25) is 9.59 Å². The van der Waals surface area contributed by atoms with Gasteiger partial charge in [-0.15, -0.1) is 12.4 Å². The van der Waals surface area contributed by atoms with Gasteiger partial charge in [0.1, 0.15) is 5.75 Å². The Kier molecular flexibility index (Phi) is 15.5. The lowest BCUT2D eigenvalue weighted by Gasteiger charge is -2.48. The molecule has 5 N–H and O–H groups in total. The molecule has 2 aliphatic carbocycles. The predicted octanol–water partition coefficient (Wildman–Crippen LogP) is 4.86. The third-order valence-electron chi connectivity index (χ3n) is 9.23. The number of halogens is 1. The summed E-state index contributed by atoms with van der Waals surface area (Å²) >= 11 is 0. The standard InChI is InChI=1S/C32H53N3O5.ClH/c1-23(2)24(21-34-30(37)26-14-7-8-15-29(26)40-19-10-9-18-39-3)20-27(33)28(36)22-35-31(38)32(16-11-17-32)25-12-5-4-6-13-25;/h7-8,14-15,23-25,27-28,36H,4-6,9-13,16-22,33H2,1-3H3,(H,34,37)(H,35,38);1H. The zero-order valence-corrected chi connectivity index (χ0v) is 26.2. The number of carbonyl (C=O) groups is 2. The van der Waals surface area contributed by atoms with Gasteiger partial charge >= 0.3 is 0 Å². The van der Waals surface area contributed by atoms with E-state index in [4.69, 9.17) is 15.2 Å². The lowest BCUT2D eigenvalue weighted by Crippen LogP contribution is -2.54. The predicted molar refractivity (Wildman–Crippen MR) is 165 cm³/mol. The summed E-state index contributed by atoms with van der Waals surface area (Å²) in [7, 11) is 1.68. The molecule has 1 aromatic rings. The lowest BCUT2D eigenvalue weighted by atomic mass is 9.57. The molecule has 2 amide bonds. The lowest BCUT2D eigenvalue weighted by molar-refractivity contribution is -0.142. The summed E-state index contributed by atoms with van der Waals surface area (Å²) in [6.07, 6.45) is 10.5. The number of hydrogen-bond donors (Lipinski definition) is 4. The number of nitrogens with two attached hydrogens (primary N) is 1. The Morgan fingerprint density at radius 2 is 1.71 bits per heavy atom. The summed E-state index contributed by atoms with van der Waals surface area (Å²) in [6, 6.07) is 6.77. The van der Waals surface area contributed by atoms with E-state index in [1.165, 1.54) is 19.3 Å². The van der Waals surface area contributed by atoms with Crippen molar-refractivity contribution in [2.75, 3.05) is 33.4 Å². The van der Waals surface area contributed by atoms with Gasteiger partial charge in [0.25, 0.3) is 5.91 Å². The molecule has 2 saturated carbocycles. The van der Waals surface area contributed by atoms with E-state index in [0.29, 0.717) is 43.4 Å². The van der Waals surface area contributed by atoms with Crippen molar-refractivity contribution >= 4 is 24.2 Å². The Morgan fingerprint density at radius 1 is 1.02 bits per heavy atom. The first-order chi connectivity index (χ1) is 19.3. The number of methoxy groups -OCH3 is 1. The van der Waals surface area contributed by atoms with E-state index < -0.39 is 12.1 Å². The molecule has 234 valence electrons. The van der Waals surface area contributed by atoms with Crippen LogP contribution in [0.15, 0.2) is 24.3 Å². The molecule has 2 aliphatic rings. The topological polar surface area (TPSA) is 123 Å². The maximum atomic E-state index is 13.2. The molecule has 2 fully saturated rings. The second-order valence-corrected chi connectivity index (χ2v) is 12.3. The van der Waals surface area contributed by atoms with Crippen LogP contribution in [-0.2, 0) is 9.53 Å². The Balaban J connectivity index is 0.00000588. The number of aliphatic hydroxyl groups excluding tert-OH is 1. The van der Waals surface area contributed by atoms with Gasteiger partial charge in [0, 0.05) is 32.8 Å². The third-order valence-corrected chi connectivity index (χ3v) is 9.23.